The van der Waals surface area contributed by atoms with Crippen molar-refractivity contribution in [1.29, 1.82) is 0 Å². The van der Waals surface area contributed by atoms with Gasteiger partial charge in [-0.25, -0.2) is 0 Å². The number of aromatic nitrogens is 2. The van der Waals surface area contributed by atoms with Crippen LogP contribution < -0.4 is 15.4 Å². The summed E-state index contributed by atoms with van der Waals surface area (Å²) in [7, 11) is 3.79. The van der Waals surface area contributed by atoms with E-state index in [9.17, 15) is 0 Å². The number of halogens is 1. The van der Waals surface area contributed by atoms with Gasteiger partial charge in [-0.05, 0) is 56.4 Å². The standard InChI is InChI=1S/C22H35N5O.HI/c1-15(2)14-28-20-10-8-9-19(12-20)13-24-22(23-6)25-16(3)11-21-17(4)26-27(7)18(21)5;/h8-10,12,15-16H,11,13-14H2,1-7H3,(H2,23,24,25);1H. The Morgan fingerprint density at radius 2 is 1.97 bits per heavy atom. The first kappa shape index (κ1) is 25.3. The Morgan fingerprint density at radius 3 is 2.55 bits per heavy atom. The number of ether oxygens (including phenoxy) is 1. The zero-order chi connectivity index (χ0) is 20.7. The highest BCUT2D eigenvalue weighted by atomic mass is 127. The van der Waals surface area contributed by atoms with Crippen LogP contribution in [0.2, 0.25) is 0 Å². The fraction of sp³-hybridized carbons (Fsp3) is 0.545. The van der Waals surface area contributed by atoms with Gasteiger partial charge < -0.3 is 15.4 Å². The molecular formula is C22H36IN5O. The Balaban J connectivity index is 0.00000420. The molecule has 2 rings (SSSR count). The summed E-state index contributed by atoms with van der Waals surface area (Å²) in [6.07, 6.45) is 0.907. The maximum atomic E-state index is 5.81. The molecule has 0 fully saturated rings. The van der Waals surface area contributed by atoms with Crippen molar-refractivity contribution in [1.82, 2.24) is 20.4 Å². The second-order valence-electron chi connectivity index (χ2n) is 7.80. The molecule has 1 aromatic heterocycles. The lowest BCUT2D eigenvalue weighted by Gasteiger charge is -2.18. The summed E-state index contributed by atoms with van der Waals surface area (Å²) in [6, 6.07) is 8.44. The van der Waals surface area contributed by atoms with Crippen LogP contribution in [0.5, 0.6) is 5.75 Å². The van der Waals surface area contributed by atoms with Gasteiger partial charge in [-0.3, -0.25) is 9.67 Å². The summed E-state index contributed by atoms with van der Waals surface area (Å²) < 4.78 is 7.76. The van der Waals surface area contributed by atoms with Gasteiger partial charge in [0.15, 0.2) is 5.96 Å². The Morgan fingerprint density at radius 1 is 1.24 bits per heavy atom. The number of hydrogen-bond donors (Lipinski definition) is 2. The molecule has 0 spiro atoms. The van der Waals surface area contributed by atoms with Gasteiger partial charge in [0.1, 0.15) is 5.75 Å². The van der Waals surface area contributed by atoms with E-state index in [1.165, 1.54) is 11.3 Å². The van der Waals surface area contributed by atoms with Crippen LogP contribution in [0, 0.1) is 19.8 Å². The molecule has 1 heterocycles. The van der Waals surface area contributed by atoms with Crippen molar-refractivity contribution in [2.75, 3.05) is 13.7 Å². The fourth-order valence-corrected chi connectivity index (χ4v) is 3.09. The molecule has 1 atom stereocenters. The average molecular weight is 513 g/mol. The molecule has 0 aliphatic heterocycles. The molecule has 0 bridgehead atoms. The Hall–Kier alpha value is -1.77. The number of aryl methyl sites for hydroxylation is 2. The molecule has 0 saturated heterocycles. The maximum Gasteiger partial charge on any atom is 0.191 e. The van der Waals surface area contributed by atoms with Crippen LogP contribution in [0.15, 0.2) is 29.3 Å². The molecule has 0 aliphatic rings. The minimum absolute atomic E-state index is 0. The maximum absolute atomic E-state index is 5.81. The molecule has 162 valence electrons. The highest BCUT2D eigenvalue weighted by Gasteiger charge is 2.14. The van der Waals surface area contributed by atoms with Crippen LogP contribution in [-0.2, 0) is 20.0 Å². The zero-order valence-electron chi connectivity index (χ0n) is 18.7. The van der Waals surface area contributed by atoms with E-state index < -0.39 is 0 Å². The lowest BCUT2D eigenvalue weighted by molar-refractivity contribution is 0.271. The van der Waals surface area contributed by atoms with Crippen molar-refractivity contribution in [2.45, 2.75) is 53.6 Å². The lowest BCUT2D eigenvalue weighted by Crippen LogP contribution is -2.42. The van der Waals surface area contributed by atoms with Gasteiger partial charge in [-0.2, -0.15) is 5.10 Å². The molecule has 0 aliphatic carbocycles. The zero-order valence-corrected chi connectivity index (χ0v) is 21.1. The molecular weight excluding hydrogens is 477 g/mol. The topological polar surface area (TPSA) is 63.5 Å². The Kier molecular flexibility index (Phi) is 10.5. The highest BCUT2D eigenvalue weighted by Crippen LogP contribution is 2.15. The molecule has 1 unspecified atom stereocenters. The normalized spacial score (nSPS) is 12.5. The summed E-state index contributed by atoms with van der Waals surface area (Å²) in [4.78, 5) is 4.36. The molecule has 2 N–H and O–H groups in total. The van der Waals surface area contributed by atoms with Crippen molar-refractivity contribution in [3.8, 4) is 5.75 Å². The van der Waals surface area contributed by atoms with Crippen molar-refractivity contribution >= 4 is 29.9 Å². The molecule has 2 aromatic rings. The summed E-state index contributed by atoms with van der Waals surface area (Å²) in [6.45, 7) is 12.1. The van der Waals surface area contributed by atoms with Gasteiger partial charge in [0.25, 0.3) is 0 Å². The lowest BCUT2D eigenvalue weighted by atomic mass is 10.1. The van der Waals surface area contributed by atoms with Crippen molar-refractivity contribution in [2.24, 2.45) is 18.0 Å². The second kappa shape index (κ2) is 12.0. The van der Waals surface area contributed by atoms with E-state index in [-0.39, 0.29) is 30.0 Å². The SMILES string of the molecule is CN=C(NCc1cccc(OCC(C)C)c1)NC(C)Cc1c(C)nn(C)c1C.I. The third kappa shape index (κ3) is 7.87. The summed E-state index contributed by atoms with van der Waals surface area (Å²) in [5.74, 6) is 2.21. The Labute approximate surface area is 192 Å². The summed E-state index contributed by atoms with van der Waals surface area (Å²) in [5.41, 5.74) is 4.77. The van der Waals surface area contributed by atoms with Crippen molar-refractivity contribution in [3.05, 3.63) is 46.8 Å². The smallest absolute Gasteiger partial charge is 0.191 e. The second-order valence-corrected chi connectivity index (χ2v) is 7.80. The van der Waals surface area contributed by atoms with Crippen LogP contribution in [-0.4, -0.2) is 35.4 Å². The van der Waals surface area contributed by atoms with E-state index in [0.717, 1.165) is 36.0 Å². The Bertz CT molecular complexity index is 800. The minimum Gasteiger partial charge on any atom is -0.493 e. The molecule has 0 amide bonds. The number of rotatable bonds is 8. The first-order chi connectivity index (χ1) is 13.3. The number of benzene rings is 1. The third-order valence-electron chi connectivity index (χ3n) is 4.72. The van der Waals surface area contributed by atoms with E-state index in [0.29, 0.717) is 12.5 Å². The molecule has 0 saturated carbocycles. The third-order valence-corrected chi connectivity index (χ3v) is 4.72. The minimum atomic E-state index is 0. The monoisotopic (exact) mass is 513 g/mol. The summed E-state index contributed by atoms with van der Waals surface area (Å²) >= 11 is 0. The van der Waals surface area contributed by atoms with Gasteiger partial charge in [0.05, 0.1) is 12.3 Å². The number of aliphatic imine (C=N–C) groups is 1. The molecule has 29 heavy (non-hydrogen) atoms. The van der Waals surface area contributed by atoms with Gasteiger partial charge in [-0.1, -0.05) is 26.0 Å². The van der Waals surface area contributed by atoms with Gasteiger partial charge in [-0.15, -0.1) is 24.0 Å². The first-order valence-corrected chi connectivity index (χ1v) is 9.98. The number of hydrogen-bond acceptors (Lipinski definition) is 3. The molecule has 7 heteroatoms. The van der Waals surface area contributed by atoms with E-state index >= 15 is 0 Å². The quantitative estimate of drug-likeness (QED) is 0.319. The predicted octanol–water partition coefficient (Wildman–Crippen LogP) is 3.99. The number of nitrogens with zero attached hydrogens (tertiary/aromatic N) is 3. The molecule has 0 radical (unpaired) electrons. The molecule has 6 nitrogen and oxygen atoms in total. The number of guanidine groups is 1. The van der Waals surface area contributed by atoms with Gasteiger partial charge in [0.2, 0.25) is 0 Å². The number of nitrogens with one attached hydrogen (secondary N) is 2. The van der Waals surface area contributed by atoms with E-state index in [1.54, 1.807) is 7.05 Å². The van der Waals surface area contributed by atoms with Crippen LogP contribution in [0.4, 0.5) is 0 Å². The fourth-order valence-electron chi connectivity index (χ4n) is 3.09. The molecule has 1 aromatic carbocycles. The average Bonchev–Trinajstić information content (AvgIpc) is 2.89. The largest absolute Gasteiger partial charge is 0.493 e. The highest BCUT2D eigenvalue weighted by molar-refractivity contribution is 14.0. The van der Waals surface area contributed by atoms with Crippen molar-refractivity contribution in [3.63, 3.8) is 0 Å². The van der Waals surface area contributed by atoms with Crippen LogP contribution in [0.25, 0.3) is 0 Å². The van der Waals surface area contributed by atoms with Crippen LogP contribution >= 0.6 is 24.0 Å². The van der Waals surface area contributed by atoms with Gasteiger partial charge in [0, 0.05) is 32.4 Å². The van der Waals surface area contributed by atoms with E-state index in [2.05, 4.69) is 67.5 Å². The van der Waals surface area contributed by atoms with Crippen LogP contribution in [0.3, 0.4) is 0 Å². The van der Waals surface area contributed by atoms with E-state index in [4.69, 9.17) is 4.74 Å². The van der Waals surface area contributed by atoms with Crippen LogP contribution in [0.1, 0.15) is 43.3 Å². The summed E-state index contributed by atoms with van der Waals surface area (Å²) in [5, 5.41) is 11.4. The van der Waals surface area contributed by atoms with Crippen molar-refractivity contribution < 1.29 is 4.74 Å². The van der Waals surface area contributed by atoms with E-state index in [1.807, 2.05) is 23.9 Å². The van der Waals surface area contributed by atoms with Gasteiger partial charge >= 0.3 is 0 Å². The first-order valence-electron chi connectivity index (χ1n) is 9.98. The predicted molar refractivity (Wildman–Crippen MR) is 131 cm³/mol.